The van der Waals surface area contributed by atoms with Gasteiger partial charge in [-0.15, -0.1) is 0 Å². The maximum absolute atomic E-state index is 13.4. The van der Waals surface area contributed by atoms with E-state index in [9.17, 15) is 13.0 Å². The van der Waals surface area contributed by atoms with Crippen molar-refractivity contribution in [1.82, 2.24) is 5.32 Å². The molecule has 0 aliphatic rings. The van der Waals surface area contributed by atoms with Gasteiger partial charge in [0.1, 0.15) is 11.6 Å². The largest absolute Gasteiger partial charge is 0.383 e. The number of hydrogen-bond acceptors (Lipinski definition) is 3. The van der Waals surface area contributed by atoms with Crippen molar-refractivity contribution < 1.29 is 17.7 Å². The van der Waals surface area contributed by atoms with Crippen LogP contribution in [0.4, 0.5) is 8.78 Å². The molecule has 1 N–H and O–H groups in total. The predicted octanol–water partition coefficient (Wildman–Crippen LogP) is 1.31. The van der Waals surface area contributed by atoms with Gasteiger partial charge < -0.3 is 10.1 Å². The Balaban J connectivity index is 2.75. The molecule has 0 amide bonds. The van der Waals surface area contributed by atoms with E-state index in [1.807, 2.05) is 0 Å². The molecule has 0 aliphatic carbocycles. The number of ether oxygens (including phenoxy) is 1. The molecule has 17 heavy (non-hydrogen) atoms. The first-order valence-electron chi connectivity index (χ1n) is 5.08. The molecular formula is C11H15F2NO2S. The summed E-state index contributed by atoms with van der Waals surface area (Å²) in [6.07, 6.45) is 0. The van der Waals surface area contributed by atoms with Crippen LogP contribution in [0.25, 0.3) is 0 Å². The highest BCUT2D eigenvalue weighted by Gasteiger charge is 2.15. The lowest BCUT2D eigenvalue weighted by atomic mass is 10.3. The van der Waals surface area contributed by atoms with Crippen LogP contribution in [0.5, 0.6) is 0 Å². The van der Waals surface area contributed by atoms with Gasteiger partial charge in [0, 0.05) is 25.0 Å². The highest BCUT2D eigenvalue weighted by Crippen LogP contribution is 2.14. The molecule has 0 heterocycles. The lowest BCUT2D eigenvalue weighted by Crippen LogP contribution is -2.35. The molecule has 96 valence electrons. The second kappa shape index (κ2) is 6.78. The molecule has 1 rings (SSSR count). The third-order valence-corrected chi connectivity index (χ3v) is 3.79. The maximum Gasteiger partial charge on any atom is 0.142 e. The number of rotatable bonds is 6. The van der Waals surface area contributed by atoms with E-state index in [4.69, 9.17) is 4.74 Å². The van der Waals surface area contributed by atoms with Crippen molar-refractivity contribution in [2.75, 3.05) is 26.5 Å². The Labute approximate surface area is 102 Å². The van der Waals surface area contributed by atoms with E-state index in [0.29, 0.717) is 6.61 Å². The molecule has 0 saturated heterocycles. The summed E-state index contributed by atoms with van der Waals surface area (Å²) in [7, 11) is 1.72. The van der Waals surface area contributed by atoms with Crippen LogP contribution in [0.2, 0.25) is 0 Å². The minimum Gasteiger partial charge on any atom is -0.383 e. The Bertz CT molecular complexity index is 401. The normalized spacial score (nSPS) is 14.6. The molecule has 1 aromatic carbocycles. The van der Waals surface area contributed by atoms with Crippen molar-refractivity contribution in [2.45, 2.75) is 10.9 Å². The molecule has 1 aromatic rings. The van der Waals surface area contributed by atoms with Gasteiger partial charge in [0.05, 0.1) is 22.3 Å². The van der Waals surface area contributed by atoms with Crippen LogP contribution in [0.15, 0.2) is 23.1 Å². The average molecular weight is 263 g/mol. The van der Waals surface area contributed by atoms with Gasteiger partial charge in [-0.1, -0.05) is 0 Å². The molecule has 6 heteroatoms. The van der Waals surface area contributed by atoms with Gasteiger partial charge in [-0.2, -0.15) is 0 Å². The Morgan fingerprint density at radius 3 is 2.71 bits per heavy atom. The number of hydrogen-bond donors (Lipinski definition) is 1. The number of likely N-dealkylation sites (N-methyl/N-ethyl adjacent to an activating group) is 1. The molecule has 2 unspecified atom stereocenters. The van der Waals surface area contributed by atoms with E-state index in [0.717, 1.165) is 12.1 Å². The quantitative estimate of drug-likeness (QED) is 0.841. The van der Waals surface area contributed by atoms with E-state index in [1.54, 1.807) is 7.05 Å². The summed E-state index contributed by atoms with van der Waals surface area (Å²) in [5, 5.41) is 2.92. The third kappa shape index (κ3) is 4.14. The number of methoxy groups -OCH3 is 1. The molecule has 0 spiro atoms. The molecule has 3 nitrogen and oxygen atoms in total. The van der Waals surface area contributed by atoms with Gasteiger partial charge in [-0.25, -0.2) is 8.78 Å². The van der Waals surface area contributed by atoms with E-state index >= 15 is 0 Å². The van der Waals surface area contributed by atoms with Crippen LogP contribution < -0.4 is 5.32 Å². The molecule has 2 atom stereocenters. The zero-order valence-corrected chi connectivity index (χ0v) is 10.5. The van der Waals surface area contributed by atoms with Gasteiger partial charge >= 0.3 is 0 Å². The molecule has 0 saturated carbocycles. The smallest absolute Gasteiger partial charge is 0.142 e. The zero-order valence-electron chi connectivity index (χ0n) is 9.70. The van der Waals surface area contributed by atoms with Crippen LogP contribution in [0.1, 0.15) is 0 Å². The first-order chi connectivity index (χ1) is 8.08. The fourth-order valence-electron chi connectivity index (χ4n) is 1.35. The fraction of sp³-hybridized carbons (Fsp3) is 0.455. The Hall–Kier alpha value is -0.850. The molecule has 0 aliphatic heterocycles. The first kappa shape index (κ1) is 14.2. The first-order valence-corrected chi connectivity index (χ1v) is 6.40. The average Bonchev–Trinajstić information content (AvgIpc) is 2.28. The molecular weight excluding hydrogens is 248 g/mol. The van der Waals surface area contributed by atoms with Crippen LogP contribution in [-0.2, 0) is 15.5 Å². The topological polar surface area (TPSA) is 38.3 Å². The number of halogens is 2. The van der Waals surface area contributed by atoms with E-state index < -0.39 is 22.4 Å². The molecule has 0 radical (unpaired) electrons. The Kier molecular flexibility index (Phi) is 5.67. The molecule has 0 bridgehead atoms. The summed E-state index contributed by atoms with van der Waals surface area (Å²) in [4.78, 5) is 0.0164. The van der Waals surface area contributed by atoms with Crippen molar-refractivity contribution >= 4 is 10.8 Å². The summed E-state index contributed by atoms with van der Waals surface area (Å²) >= 11 is 0. The van der Waals surface area contributed by atoms with Crippen molar-refractivity contribution in [3.8, 4) is 0 Å². The van der Waals surface area contributed by atoms with Crippen LogP contribution in [0.3, 0.4) is 0 Å². The van der Waals surface area contributed by atoms with Crippen LogP contribution >= 0.6 is 0 Å². The fourth-order valence-corrected chi connectivity index (χ4v) is 2.65. The SMILES string of the molecule is CNC(COC)CS(=O)c1ccc(F)cc1F. The summed E-state index contributed by atoms with van der Waals surface area (Å²) < 4.78 is 42.8. The summed E-state index contributed by atoms with van der Waals surface area (Å²) in [6.45, 7) is 0.380. The minimum atomic E-state index is -1.52. The van der Waals surface area contributed by atoms with Gasteiger partial charge in [-0.05, 0) is 19.2 Å². The zero-order chi connectivity index (χ0) is 12.8. The monoisotopic (exact) mass is 263 g/mol. The van der Waals surface area contributed by atoms with Crippen LogP contribution in [0, 0.1) is 11.6 Å². The maximum atomic E-state index is 13.4. The highest BCUT2D eigenvalue weighted by atomic mass is 32.2. The highest BCUT2D eigenvalue weighted by molar-refractivity contribution is 7.85. The Morgan fingerprint density at radius 1 is 1.47 bits per heavy atom. The molecule has 0 aromatic heterocycles. The lowest BCUT2D eigenvalue weighted by molar-refractivity contribution is 0.176. The van der Waals surface area contributed by atoms with Crippen molar-refractivity contribution in [2.24, 2.45) is 0 Å². The van der Waals surface area contributed by atoms with Gasteiger partial charge in [0.15, 0.2) is 0 Å². The Morgan fingerprint density at radius 2 is 2.18 bits per heavy atom. The van der Waals surface area contributed by atoms with Crippen molar-refractivity contribution in [3.05, 3.63) is 29.8 Å². The summed E-state index contributed by atoms with van der Waals surface area (Å²) in [6, 6.07) is 2.91. The number of nitrogens with one attached hydrogen (secondary N) is 1. The van der Waals surface area contributed by atoms with E-state index in [-0.39, 0.29) is 16.7 Å². The van der Waals surface area contributed by atoms with Crippen LogP contribution in [-0.4, -0.2) is 36.8 Å². The molecule has 0 fully saturated rings. The standard InChI is InChI=1S/C11H15F2NO2S/c1-14-9(6-16-2)7-17(15)11-4-3-8(12)5-10(11)13/h3-5,9,14H,6-7H2,1-2H3. The van der Waals surface area contributed by atoms with Crippen molar-refractivity contribution in [1.29, 1.82) is 0 Å². The van der Waals surface area contributed by atoms with Gasteiger partial charge in [-0.3, -0.25) is 4.21 Å². The van der Waals surface area contributed by atoms with Gasteiger partial charge in [0.25, 0.3) is 0 Å². The number of benzene rings is 1. The summed E-state index contributed by atoms with van der Waals surface area (Å²) in [5.74, 6) is -1.24. The van der Waals surface area contributed by atoms with Crippen molar-refractivity contribution in [3.63, 3.8) is 0 Å². The minimum absolute atomic E-state index is 0.0164. The van der Waals surface area contributed by atoms with E-state index in [2.05, 4.69) is 5.32 Å². The van der Waals surface area contributed by atoms with E-state index in [1.165, 1.54) is 13.2 Å². The van der Waals surface area contributed by atoms with Gasteiger partial charge in [0.2, 0.25) is 0 Å². The second-order valence-electron chi connectivity index (χ2n) is 3.53. The lowest BCUT2D eigenvalue weighted by Gasteiger charge is -2.14. The predicted molar refractivity (Wildman–Crippen MR) is 62.4 cm³/mol. The second-order valence-corrected chi connectivity index (χ2v) is 4.99. The third-order valence-electron chi connectivity index (χ3n) is 2.27. The summed E-state index contributed by atoms with van der Waals surface area (Å²) in [5.41, 5.74) is 0.